The van der Waals surface area contributed by atoms with Crippen molar-refractivity contribution in [3.05, 3.63) is 65.7 Å². The van der Waals surface area contributed by atoms with Gasteiger partial charge in [0.2, 0.25) is 11.8 Å². The fourth-order valence-corrected chi connectivity index (χ4v) is 2.54. The molecule has 0 saturated carbocycles. The Labute approximate surface area is 117 Å². The lowest BCUT2D eigenvalue weighted by atomic mass is 9.98. The number of carbonyl (C=O) groups excluding carboxylic acids is 2. The smallest absolute Gasteiger partial charge is 0.241 e. The lowest BCUT2D eigenvalue weighted by Crippen LogP contribution is -2.29. The van der Waals surface area contributed by atoms with Gasteiger partial charge in [-0.25, -0.2) is 0 Å². The third kappa shape index (κ3) is 2.11. The van der Waals surface area contributed by atoms with E-state index in [2.05, 4.69) is 0 Å². The van der Waals surface area contributed by atoms with Crippen LogP contribution in [0.25, 0.3) is 0 Å². The highest BCUT2D eigenvalue weighted by molar-refractivity contribution is 6.22. The summed E-state index contributed by atoms with van der Waals surface area (Å²) < 4.78 is 0. The zero-order chi connectivity index (χ0) is 14.1. The van der Waals surface area contributed by atoms with Gasteiger partial charge in [-0.3, -0.25) is 14.5 Å². The van der Waals surface area contributed by atoms with Gasteiger partial charge in [-0.05, 0) is 24.6 Å². The molecule has 1 unspecified atom stereocenters. The summed E-state index contributed by atoms with van der Waals surface area (Å²) in [6, 6.07) is 16.9. The lowest BCUT2D eigenvalue weighted by Gasteiger charge is -2.15. The second kappa shape index (κ2) is 4.93. The molecule has 3 heteroatoms. The van der Waals surface area contributed by atoms with Crippen molar-refractivity contribution in [1.82, 2.24) is 0 Å². The number of hydrogen-bond donors (Lipinski definition) is 0. The maximum atomic E-state index is 12.5. The number of aryl methyl sites for hydroxylation is 1. The van der Waals surface area contributed by atoms with Gasteiger partial charge in [0.1, 0.15) is 0 Å². The van der Waals surface area contributed by atoms with Gasteiger partial charge in [0.15, 0.2) is 0 Å². The van der Waals surface area contributed by atoms with Crippen LogP contribution in [0.4, 0.5) is 5.69 Å². The van der Waals surface area contributed by atoms with Crippen LogP contribution in [0.15, 0.2) is 54.6 Å². The zero-order valence-corrected chi connectivity index (χ0v) is 11.2. The van der Waals surface area contributed by atoms with Gasteiger partial charge in [0.25, 0.3) is 0 Å². The standard InChI is InChI=1S/C17H15NO2/c1-12-7-9-14(10-8-12)18-16(19)11-15(17(18)20)13-5-3-2-4-6-13/h2-10,15H,11H2,1H3. The molecule has 100 valence electrons. The van der Waals surface area contributed by atoms with Crippen LogP contribution in [0.1, 0.15) is 23.5 Å². The Hall–Kier alpha value is -2.42. The fourth-order valence-electron chi connectivity index (χ4n) is 2.54. The molecule has 0 bridgehead atoms. The number of anilines is 1. The van der Waals surface area contributed by atoms with E-state index in [1.165, 1.54) is 4.90 Å². The topological polar surface area (TPSA) is 37.4 Å². The molecule has 2 amide bonds. The average molecular weight is 265 g/mol. The zero-order valence-electron chi connectivity index (χ0n) is 11.2. The van der Waals surface area contributed by atoms with Crippen LogP contribution in [0.5, 0.6) is 0 Å². The Balaban J connectivity index is 1.93. The maximum absolute atomic E-state index is 12.5. The van der Waals surface area contributed by atoms with Crippen molar-refractivity contribution in [1.29, 1.82) is 0 Å². The lowest BCUT2D eigenvalue weighted by molar-refractivity contribution is -0.121. The summed E-state index contributed by atoms with van der Waals surface area (Å²) >= 11 is 0. The minimum Gasteiger partial charge on any atom is -0.274 e. The Morgan fingerprint density at radius 1 is 0.950 bits per heavy atom. The molecule has 1 atom stereocenters. The van der Waals surface area contributed by atoms with Gasteiger partial charge in [0.05, 0.1) is 11.6 Å². The van der Waals surface area contributed by atoms with Crippen LogP contribution in [0.2, 0.25) is 0 Å². The normalized spacial score (nSPS) is 18.6. The van der Waals surface area contributed by atoms with E-state index < -0.39 is 0 Å². The van der Waals surface area contributed by atoms with E-state index >= 15 is 0 Å². The summed E-state index contributed by atoms with van der Waals surface area (Å²) in [6.45, 7) is 1.98. The second-order valence-electron chi connectivity index (χ2n) is 5.07. The highest BCUT2D eigenvalue weighted by Gasteiger charge is 2.40. The van der Waals surface area contributed by atoms with E-state index in [0.717, 1.165) is 11.1 Å². The van der Waals surface area contributed by atoms with Gasteiger partial charge in [-0.1, -0.05) is 48.0 Å². The Bertz CT molecular complexity index is 646. The van der Waals surface area contributed by atoms with Gasteiger partial charge in [-0.15, -0.1) is 0 Å². The van der Waals surface area contributed by atoms with Gasteiger partial charge in [0, 0.05) is 6.42 Å². The number of rotatable bonds is 2. The molecule has 0 radical (unpaired) electrons. The highest BCUT2D eigenvalue weighted by atomic mass is 16.2. The molecule has 0 spiro atoms. The van der Waals surface area contributed by atoms with Crippen LogP contribution in [0.3, 0.4) is 0 Å². The average Bonchev–Trinajstić information content (AvgIpc) is 2.76. The molecule has 3 nitrogen and oxygen atoms in total. The third-order valence-corrected chi connectivity index (χ3v) is 3.64. The number of hydrogen-bond acceptors (Lipinski definition) is 2. The molecule has 1 aliphatic rings. The third-order valence-electron chi connectivity index (χ3n) is 3.64. The maximum Gasteiger partial charge on any atom is 0.241 e. The van der Waals surface area contributed by atoms with E-state index in [1.54, 1.807) is 0 Å². The molecule has 1 fully saturated rings. The summed E-state index contributed by atoms with van der Waals surface area (Å²) in [4.78, 5) is 26.0. The molecule has 2 aromatic carbocycles. The van der Waals surface area contributed by atoms with Crippen LogP contribution >= 0.6 is 0 Å². The van der Waals surface area contributed by atoms with E-state index in [1.807, 2.05) is 61.5 Å². The van der Waals surface area contributed by atoms with Crippen molar-refractivity contribution in [2.45, 2.75) is 19.3 Å². The summed E-state index contributed by atoms with van der Waals surface area (Å²) in [5, 5.41) is 0. The Morgan fingerprint density at radius 3 is 2.25 bits per heavy atom. The number of benzene rings is 2. The predicted molar refractivity (Wildman–Crippen MR) is 77.5 cm³/mol. The number of imide groups is 1. The van der Waals surface area contributed by atoms with Crippen LogP contribution in [0, 0.1) is 6.92 Å². The van der Waals surface area contributed by atoms with Crippen molar-refractivity contribution < 1.29 is 9.59 Å². The van der Waals surface area contributed by atoms with Crippen LogP contribution < -0.4 is 4.90 Å². The number of carbonyl (C=O) groups is 2. The van der Waals surface area contributed by atoms with Crippen molar-refractivity contribution in [2.24, 2.45) is 0 Å². The molecule has 3 rings (SSSR count). The summed E-state index contributed by atoms with van der Waals surface area (Å²) in [5.41, 5.74) is 2.66. The molecule has 0 aliphatic carbocycles. The molecule has 1 aliphatic heterocycles. The predicted octanol–water partition coefficient (Wildman–Crippen LogP) is 3.04. The quantitative estimate of drug-likeness (QED) is 0.783. The van der Waals surface area contributed by atoms with Gasteiger partial charge < -0.3 is 0 Å². The highest BCUT2D eigenvalue weighted by Crippen LogP contribution is 2.32. The van der Waals surface area contributed by atoms with Crippen LogP contribution in [-0.4, -0.2) is 11.8 Å². The molecular weight excluding hydrogens is 250 g/mol. The van der Waals surface area contributed by atoms with Crippen molar-refractivity contribution in [3.63, 3.8) is 0 Å². The molecule has 20 heavy (non-hydrogen) atoms. The van der Waals surface area contributed by atoms with E-state index in [0.29, 0.717) is 5.69 Å². The van der Waals surface area contributed by atoms with E-state index in [9.17, 15) is 9.59 Å². The minimum atomic E-state index is -0.356. The Morgan fingerprint density at radius 2 is 1.60 bits per heavy atom. The monoisotopic (exact) mass is 265 g/mol. The number of nitrogens with zero attached hydrogens (tertiary/aromatic N) is 1. The van der Waals surface area contributed by atoms with Crippen LogP contribution in [-0.2, 0) is 9.59 Å². The van der Waals surface area contributed by atoms with E-state index in [-0.39, 0.29) is 24.2 Å². The molecule has 1 heterocycles. The first-order chi connectivity index (χ1) is 9.66. The molecule has 1 saturated heterocycles. The number of amides is 2. The first kappa shape index (κ1) is 12.6. The first-order valence-electron chi connectivity index (χ1n) is 6.65. The van der Waals surface area contributed by atoms with Gasteiger partial charge in [-0.2, -0.15) is 0 Å². The summed E-state index contributed by atoms with van der Waals surface area (Å²) in [6.07, 6.45) is 0.247. The second-order valence-corrected chi connectivity index (χ2v) is 5.07. The largest absolute Gasteiger partial charge is 0.274 e. The van der Waals surface area contributed by atoms with Gasteiger partial charge >= 0.3 is 0 Å². The molecule has 0 N–H and O–H groups in total. The molecular formula is C17H15NO2. The first-order valence-corrected chi connectivity index (χ1v) is 6.65. The fraction of sp³-hybridized carbons (Fsp3) is 0.176. The summed E-state index contributed by atoms with van der Waals surface area (Å²) in [5.74, 6) is -0.622. The SMILES string of the molecule is Cc1ccc(N2C(=O)CC(c3ccccc3)C2=O)cc1. The minimum absolute atomic E-state index is 0.132. The Kier molecular flexibility index (Phi) is 3.11. The van der Waals surface area contributed by atoms with Crippen molar-refractivity contribution in [2.75, 3.05) is 4.90 Å². The molecule has 2 aromatic rings. The molecule has 0 aromatic heterocycles. The summed E-state index contributed by atoms with van der Waals surface area (Å²) in [7, 11) is 0. The van der Waals surface area contributed by atoms with Crippen molar-refractivity contribution in [3.8, 4) is 0 Å². The van der Waals surface area contributed by atoms with Crippen molar-refractivity contribution >= 4 is 17.5 Å². The van der Waals surface area contributed by atoms with E-state index in [4.69, 9.17) is 0 Å².